The second kappa shape index (κ2) is 5.59. The van der Waals surface area contributed by atoms with Crippen molar-refractivity contribution in [2.75, 3.05) is 0 Å². The van der Waals surface area contributed by atoms with E-state index >= 15 is 0 Å². The van der Waals surface area contributed by atoms with Crippen LogP contribution in [0.15, 0.2) is 12.1 Å². The normalized spacial score (nSPS) is 13.9. The summed E-state index contributed by atoms with van der Waals surface area (Å²) >= 11 is 0. The van der Waals surface area contributed by atoms with Gasteiger partial charge in [-0.3, -0.25) is 0 Å². The molecule has 2 atom stereocenters. The van der Waals surface area contributed by atoms with E-state index < -0.39 is 35.4 Å². The maximum atomic E-state index is 11.6. The van der Waals surface area contributed by atoms with E-state index in [0.29, 0.717) is 0 Å². The number of hydrogen-bond donors (Lipinski definition) is 4. The lowest BCUT2D eigenvalue weighted by Crippen LogP contribution is -2.19. The zero-order valence-electron chi connectivity index (χ0n) is 10.1. The Hall–Kier alpha value is -1.95. The Morgan fingerprint density at radius 2 is 1.72 bits per heavy atom. The van der Waals surface area contributed by atoms with Crippen LogP contribution in [-0.2, 0) is 4.74 Å². The third-order valence-electron chi connectivity index (χ3n) is 2.29. The van der Waals surface area contributed by atoms with Crippen molar-refractivity contribution in [1.29, 1.82) is 0 Å². The van der Waals surface area contributed by atoms with Crippen molar-refractivity contribution in [3.63, 3.8) is 0 Å². The number of carbonyl (C=O) groups excluding carboxylic acids is 1. The lowest BCUT2D eigenvalue weighted by molar-refractivity contribution is 0.0221. The second-order valence-corrected chi connectivity index (χ2v) is 4.16. The molecule has 0 aliphatic heterocycles. The van der Waals surface area contributed by atoms with Crippen LogP contribution < -0.4 is 0 Å². The first-order chi connectivity index (χ1) is 8.31. The maximum Gasteiger partial charge on any atom is 0.338 e. The van der Waals surface area contributed by atoms with Gasteiger partial charge in [-0.15, -0.1) is 0 Å². The van der Waals surface area contributed by atoms with Crippen molar-refractivity contribution in [3.8, 4) is 17.2 Å². The van der Waals surface area contributed by atoms with Gasteiger partial charge >= 0.3 is 5.97 Å². The number of benzene rings is 1. The Balaban J connectivity index is 2.79. The molecule has 18 heavy (non-hydrogen) atoms. The molecule has 0 heterocycles. The van der Waals surface area contributed by atoms with Crippen LogP contribution >= 0.6 is 0 Å². The highest BCUT2D eigenvalue weighted by Crippen LogP contribution is 2.35. The smallest absolute Gasteiger partial charge is 0.338 e. The molecule has 6 heteroatoms. The number of rotatable bonds is 4. The predicted octanol–water partition coefficient (Wildman–Crippen LogP) is 1.12. The quantitative estimate of drug-likeness (QED) is 0.475. The lowest BCUT2D eigenvalue weighted by atomic mass is 10.1. The zero-order chi connectivity index (χ0) is 13.9. The van der Waals surface area contributed by atoms with E-state index in [-0.39, 0.29) is 12.0 Å². The Labute approximate surface area is 104 Å². The molecule has 0 aromatic heterocycles. The molecule has 6 nitrogen and oxygen atoms in total. The fourth-order valence-electron chi connectivity index (χ4n) is 1.50. The van der Waals surface area contributed by atoms with Gasteiger partial charge in [-0.25, -0.2) is 4.79 Å². The average Bonchev–Trinajstić information content (AvgIpc) is 2.23. The Morgan fingerprint density at radius 1 is 1.22 bits per heavy atom. The Bertz CT molecular complexity index is 417. The first kappa shape index (κ1) is 14.1. The van der Waals surface area contributed by atoms with Crippen molar-refractivity contribution < 1.29 is 30.0 Å². The molecule has 1 aromatic carbocycles. The standard InChI is InChI=1S/C12H16O6/c1-6(13)3-7(2)18-12(17)8-4-9(14)11(16)10(15)5-8/h4-7,13-16H,3H2,1-2H3. The van der Waals surface area contributed by atoms with Gasteiger partial charge in [0, 0.05) is 6.42 Å². The van der Waals surface area contributed by atoms with Crippen molar-refractivity contribution in [1.82, 2.24) is 0 Å². The largest absolute Gasteiger partial charge is 0.504 e. The maximum absolute atomic E-state index is 11.6. The molecule has 0 saturated heterocycles. The van der Waals surface area contributed by atoms with E-state index in [2.05, 4.69) is 0 Å². The molecule has 0 saturated carbocycles. The van der Waals surface area contributed by atoms with Crippen molar-refractivity contribution in [3.05, 3.63) is 17.7 Å². The molecule has 0 amide bonds. The monoisotopic (exact) mass is 256 g/mol. The topological polar surface area (TPSA) is 107 Å². The number of phenols is 3. The van der Waals surface area contributed by atoms with E-state index in [1.54, 1.807) is 13.8 Å². The number of aliphatic hydroxyl groups excluding tert-OH is 1. The number of aromatic hydroxyl groups is 3. The number of ether oxygens (including phenoxy) is 1. The van der Waals surface area contributed by atoms with Crippen LogP contribution in [0.1, 0.15) is 30.6 Å². The third kappa shape index (κ3) is 3.53. The van der Waals surface area contributed by atoms with Gasteiger partial charge in [-0.2, -0.15) is 0 Å². The first-order valence-corrected chi connectivity index (χ1v) is 5.45. The molecular weight excluding hydrogens is 240 g/mol. The van der Waals surface area contributed by atoms with Crippen LogP contribution in [0.3, 0.4) is 0 Å². The van der Waals surface area contributed by atoms with E-state index in [1.807, 2.05) is 0 Å². The van der Waals surface area contributed by atoms with Crippen LogP contribution in [-0.4, -0.2) is 38.6 Å². The van der Waals surface area contributed by atoms with Crippen LogP contribution in [0, 0.1) is 0 Å². The predicted molar refractivity (Wildman–Crippen MR) is 62.6 cm³/mol. The highest BCUT2D eigenvalue weighted by molar-refractivity contribution is 5.91. The Morgan fingerprint density at radius 3 is 2.17 bits per heavy atom. The zero-order valence-corrected chi connectivity index (χ0v) is 10.1. The molecule has 0 aliphatic carbocycles. The minimum absolute atomic E-state index is 0.0831. The highest BCUT2D eigenvalue weighted by atomic mass is 16.5. The van der Waals surface area contributed by atoms with Gasteiger partial charge in [0.15, 0.2) is 17.2 Å². The molecule has 1 aromatic rings. The lowest BCUT2D eigenvalue weighted by Gasteiger charge is -2.15. The van der Waals surface area contributed by atoms with Crippen LogP contribution in [0.25, 0.3) is 0 Å². The van der Waals surface area contributed by atoms with E-state index in [0.717, 1.165) is 12.1 Å². The molecule has 0 spiro atoms. The van der Waals surface area contributed by atoms with Crippen LogP contribution in [0.5, 0.6) is 17.2 Å². The summed E-state index contributed by atoms with van der Waals surface area (Å²) in [6.45, 7) is 3.19. The summed E-state index contributed by atoms with van der Waals surface area (Å²) in [4.78, 5) is 11.6. The first-order valence-electron chi connectivity index (χ1n) is 5.45. The van der Waals surface area contributed by atoms with Gasteiger partial charge in [0.25, 0.3) is 0 Å². The van der Waals surface area contributed by atoms with Gasteiger partial charge in [-0.1, -0.05) is 0 Å². The van der Waals surface area contributed by atoms with E-state index in [9.17, 15) is 15.0 Å². The molecule has 1 rings (SSSR count). The summed E-state index contributed by atoms with van der Waals surface area (Å²) in [7, 11) is 0. The second-order valence-electron chi connectivity index (χ2n) is 4.16. The van der Waals surface area contributed by atoms with Gasteiger partial charge in [-0.05, 0) is 26.0 Å². The Kier molecular flexibility index (Phi) is 4.38. The van der Waals surface area contributed by atoms with Gasteiger partial charge in [0.05, 0.1) is 11.7 Å². The highest BCUT2D eigenvalue weighted by Gasteiger charge is 2.17. The summed E-state index contributed by atoms with van der Waals surface area (Å²) in [6, 6.07) is 1.99. The number of aliphatic hydroxyl groups is 1. The number of phenolic OH excluding ortho intramolecular Hbond substituents is 3. The molecule has 0 aliphatic rings. The summed E-state index contributed by atoms with van der Waals surface area (Å²) in [5.74, 6) is -2.66. The minimum atomic E-state index is -0.756. The molecule has 100 valence electrons. The summed E-state index contributed by atoms with van der Waals surface area (Å²) in [5, 5.41) is 36.8. The summed E-state index contributed by atoms with van der Waals surface area (Å²) in [6.07, 6.45) is -0.827. The van der Waals surface area contributed by atoms with Crippen molar-refractivity contribution in [2.45, 2.75) is 32.5 Å². The molecule has 0 radical (unpaired) electrons. The fraction of sp³-hybridized carbons (Fsp3) is 0.417. The minimum Gasteiger partial charge on any atom is -0.504 e. The third-order valence-corrected chi connectivity index (χ3v) is 2.29. The molecule has 2 unspecified atom stereocenters. The van der Waals surface area contributed by atoms with Crippen molar-refractivity contribution >= 4 is 5.97 Å². The molecule has 4 N–H and O–H groups in total. The number of esters is 1. The van der Waals surface area contributed by atoms with E-state index in [4.69, 9.17) is 14.9 Å². The van der Waals surface area contributed by atoms with Gasteiger partial charge in [0.2, 0.25) is 0 Å². The molecular formula is C12H16O6. The molecule has 0 bridgehead atoms. The fourth-order valence-corrected chi connectivity index (χ4v) is 1.50. The molecule has 0 fully saturated rings. The van der Waals surface area contributed by atoms with Gasteiger partial charge in [0.1, 0.15) is 6.10 Å². The average molecular weight is 256 g/mol. The van der Waals surface area contributed by atoms with E-state index in [1.165, 1.54) is 0 Å². The number of hydrogen-bond acceptors (Lipinski definition) is 6. The van der Waals surface area contributed by atoms with Crippen molar-refractivity contribution in [2.24, 2.45) is 0 Å². The summed E-state index contributed by atoms with van der Waals surface area (Å²) < 4.78 is 4.99. The van der Waals surface area contributed by atoms with Crippen LogP contribution in [0.2, 0.25) is 0 Å². The number of carbonyl (C=O) groups is 1. The SMILES string of the molecule is CC(O)CC(C)OC(=O)c1cc(O)c(O)c(O)c1. The van der Waals surface area contributed by atoms with Gasteiger partial charge < -0.3 is 25.2 Å². The van der Waals surface area contributed by atoms with Crippen LogP contribution in [0.4, 0.5) is 0 Å². The summed E-state index contributed by atoms with van der Waals surface area (Å²) in [5.41, 5.74) is -0.0831.